The van der Waals surface area contributed by atoms with E-state index in [0.717, 1.165) is 12.3 Å². The first-order chi connectivity index (χ1) is 17.6. The van der Waals surface area contributed by atoms with Gasteiger partial charge in [-0.1, -0.05) is 75.4 Å². The van der Waals surface area contributed by atoms with E-state index in [4.69, 9.17) is 0 Å². The van der Waals surface area contributed by atoms with Gasteiger partial charge in [-0.05, 0) is 44.1 Å². The fraction of sp³-hybridized carbons (Fsp3) is 0.576. The van der Waals surface area contributed by atoms with E-state index in [-0.39, 0.29) is 21.5 Å². The summed E-state index contributed by atoms with van der Waals surface area (Å²) in [6, 6.07) is 18.1. The van der Waals surface area contributed by atoms with Crippen molar-refractivity contribution < 1.29 is 21.5 Å². The normalized spacial score (nSPS) is 19.5. The number of nitrogens with one attached hydrogen (secondary N) is 1. The molecule has 2 aromatic rings. The first-order valence-corrected chi connectivity index (χ1v) is 17.6. The molecule has 2 aliphatic carbocycles. The average molecular weight is 602 g/mol. The van der Waals surface area contributed by atoms with Gasteiger partial charge in [0.15, 0.2) is 0 Å². The Morgan fingerprint density at radius 3 is 2.36 bits per heavy atom. The van der Waals surface area contributed by atoms with Crippen molar-refractivity contribution in [2.24, 2.45) is 5.92 Å². The van der Waals surface area contributed by atoms with Gasteiger partial charge in [0.1, 0.15) is 0 Å². The summed E-state index contributed by atoms with van der Waals surface area (Å²) >= 11 is 0.206. The van der Waals surface area contributed by atoms with Crippen LogP contribution < -0.4 is 25.0 Å². The van der Waals surface area contributed by atoms with Crippen LogP contribution in [0.4, 0.5) is 0 Å². The maximum absolute atomic E-state index is 4.26. The standard InChI is InChI=1S/C13H23N.C11H15IN.C9H12/c1-12(14-9-5-6-10-14)11-13-7-3-2-4-8-13;1-12-13-11-8-4-6-9-5-2-3-7-10(9)11;1-3-9-6-4-5-8(2)7-9/h13H,1-11H2;2-3,5,7,11,13H,4,6,8H2,1H3;4-7H,3H2,1-2H3/q;-1;. The van der Waals surface area contributed by atoms with Gasteiger partial charge in [0.05, 0.1) is 0 Å². The Hall–Kier alpha value is -1.33. The van der Waals surface area contributed by atoms with E-state index in [1.807, 2.05) is 0 Å². The molecule has 0 radical (unpaired) electrons. The third kappa shape index (κ3) is 9.85. The van der Waals surface area contributed by atoms with Crippen LogP contribution >= 0.6 is 0 Å². The van der Waals surface area contributed by atoms with Crippen LogP contribution in [-0.4, -0.2) is 22.9 Å². The molecule has 2 nitrogen and oxygen atoms in total. The SMILES string of the molecule is C=C(CC1CCCCC1)N1CCCC1.CCc1cccc(C)c1.C[I-]NC1CCCc2ccccc21. The summed E-state index contributed by atoms with van der Waals surface area (Å²) in [5.74, 6) is 0.955. The Kier molecular flexibility index (Phi) is 13.4. The predicted molar refractivity (Wildman–Crippen MR) is 153 cm³/mol. The number of allylic oxidation sites excluding steroid dienone is 1. The fourth-order valence-corrected chi connectivity index (χ4v) is 7.22. The van der Waals surface area contributed by atoms with E-state index in [1.54, 1.807) is 11.1 Å². The molecular formula is C33H50IN2-. The summed E-state index contributed by atoms with van der Waals surface area (Å²) < 4.78 is 3.65. The summed E-state index contributed by atoms with van der Waals surface area (Å²) in [6.45, 7) is 11.1. The van der Waals surface area contributed by atoms with E-state index in [9.17, 15) is 0 Å². The van der Waals surface area contributed by atoms with Crippen LogP contribution in [0.2, 0.25) is 0 Å². The molecule has 1 saturated carbocycles. The van der Waals surface area contributed by atoms with E-state index >= 15 is 0 Å². The van der Waals surface area contributed by atoms with Gasteiger partial charge in [-0.2, -0.15) is 0 Å². The molecular weight excluding hydrogens is 551 g/mol. The van der Waals surface area contributed by atoms with Crippen molar-refractivity contribution in [3.8, 4) is 0 Å². The second kappa shape index (κ2) is 16.5. The number of likely N-dealkylation sites (tertiary alicyclic amines) is 1. The molecule has 0 aromatic heterocycles. The van der Waals surface area contributed by atoms with E-state index in [2.05, 4.69) is 82.3 Å². The van der Waals surface area contributed by atoms with Gasteiger partial charge in [-0.15, -0.1) is 0 Å². The molecule has 1 heterocycles. The van der Waals surface area contributed by atoms with Crippen molar-refractivity contribution in [2.45, 2.75) is 96.9 Å². The van der Waals surface area contributed by atoms with Crippen LogP contribution in [0, 0.1) is 12.8 Å². The molecule has 1 unspecified atom stereocenters. The molecule has 1 aliphatic heterocycles. The molecule has 1 saturated heterocycles. The molecule has 3 aliphatic rings. The zero-order valence-corrected chi connectivity index (χ0v) is 25.4. The zero-order valence-electron chi connectivity index (χ0n) is 23.2. The molecule has 5 rings (SSSR count). The fourth-order valence-electron chi connectivity index (χ4n) is 5.82. The number of nitrogens with zero attached hydrogens (tertiary/aromatic N) is 1. The molecule has 2 aromatic carbocycles. The van der Waals surface area contributed by atoms with Crippen LogP contribution in [-0.2, 0) is 12.8 Å². The Morgan fingerprint density at radius 2 is 1.69 bits per heavy atom. The molecule has 200 valence electrons. The number of halogens is 1. The van der Waals surface area contributed by atoms with Crippen molar-refractivity contribution in [3.05, 3.63) is 83.1 Å². The third-order valence-electron chi connectivity index (χ3n) is 7.90. The van der Waals surface area contributed by atoms with Gasteiger partial charge in [-0.25, -0.2) is 0 Å². The first kappa shape index (κ1) is 29.2. The third-order valence-corrected chi connectivity index (χ3v) is 9.28. The summed E-state index contributed by atoms with van der Waals surface area (Å²) in [7, 11) is 0. The number of hydrogen-bond acceptors (Lipinski definition) is 2. The van der Waals surface area contributed by atoms with Crippen LogP contribution in [0.5, 0.6) is 0 Å². The van der Waals surface area contributed by atoms with E-state index in [1.165, 1.54) is 101 Å². The number of aryl methyl sites for hydroxylation is 3. The minimum absolute atomic E-state index is 0.206. The molecule has 1 atom stereocenters. The van der Waals surface area contributed by atoms with Crippen LogP contribution in [0.25, 0.3) is 0 Å². The van der Waals surface area contributed by atoms with Crippen molar-refractivity contribution in [1.82, 2.24) is 8.43 Å². The summed E-state index contributed by atoms with van der Waals surface area (Å²) in [5, 5.41) is 0. The topological polar surface area (TPSA) is 15.3 Å². The zero-order chi connectivity index (χ0) is 25.6. The van der Waals surface area contributed by atoms with Gasteiger partial charge in [0, 0.05) is 18.8 Å². The second-order valence-electron chi connectivity index (χ2n) is 10.8. The molecule has 1 N–H and O–H groups in total. The van der Waals surface area contributed by atoms with Gasteiger partial charge in [0.2, 0.25) is 0 Å². The summed E-state index contributed by atoms with van der Waals surface area (Å²) in [4.78, 5) is 4.80. The van der Waals surface area contributed by atoms with Gasteiger partial charge in [-0.3, -0.25) is 0 Å². The Balaban J connectivity index is 0.000000154. The van der Waals surface area contributed by atoms with Crippen molar-refractivity contribution in [2.75, 3.05) is 18.0 Å². The number of benzene rings is 2. The first-order valence-electron chi connectivity index (χ1n) is 14.4. The van der Waals surface area contributed by atoms with Crippen LogP contribution in [0.1, 0.15) is 99.4 Å². The average Bonchev–Trinajstić information content (AvgIpc) is 3.46. The van der Waals surface area contributed by atoms with E-state index in [0.29, 0.717) is 6.04 Å². The molecule has 0 bridgehead atoms. The predicted octanol–water partition coefficient (Wildman–Crippen LogP) is 5.41. The number of hydrogen-bond donors (Lipinski definition) is 1. The van der Waals surface area contributed by atoms with E-state index < -0.39 is 0 Å². The number of alkyl halides is 1. The monoisotopic (exact) mass is 601 g/mol. The summed E-state index contributed by atoms with van der Waals surface area (Å²) in [6.07, 6.45) is 16.4. The molecule has 0 amide bonds. The molecule has 2 fully saturated rings. The van der Waals surface area contributed by atoms with Crippen molar-refractivity contribution in [3.63, 3.8) is 0 Å². The summed E-state index contributed by atoms with van der Waals surface area (Å²) in [5.41, 5.74) is 7.32. The molecule has 0 spiro atoms. The van der Waals surface area contributed by atoms with Gasteiger partial charge >= 0.3 is 90.6 Å². The molecule has 36 heavy (non-hydrogen) atoms. The second-order valence-corrected chi connectivity index (χ2v) is 12.5. The number of fused-ring (bicyclic) bond motifs is 1. The Morgan fingerprint density at radius 1 is 0.944 bits per heavy atom. The van der Waals surface area contributed by atoms with Crippen molar-refractivity contribution >= 4 is 0 Å². The van der Waals surface area contributed by atoms with Crippen molar-refractivity contribution in [1.29, 1.82) is 0 Å². The van der Waals surface area contributed by atoms with Gasteiger partial charge in [0.25, 0.3) is 0 Å². The Labute approximate surface area is 233 Å². The Bertz CT molecular complexity index is 896. The quantitative estimate of drug-likeness (QED) is 0.271. The maximum atomic E-state index is 4.26. The molecule has 3 heteroatoms. The van der Waals surface area contributed by atoms with Gasteiger partial charge < -0.3 is 4.90 Å². The van der Waals surface area contributed by atoms with Crippen LogP contribution in [0.15, 0.2) is 60.8 Å². The van der Waals surface area contributed by atoms with Crippen LogP contribution in [0.3, 0.4) is 0 Å². The number of rotatable bonds is 6. The minimum atomic E-state index is 0.206.